The van der Waals surface area contributed by atoms with Crippen molar-refractivity contribution in [2.24, 2.45) is 4.99 Å². The van der Waals surface area contributed by atoms with E-state index in [1.54, 1.807) is 45.0 Å². The molecule has 0 aliphatic carbocycles. The van der Waals surface area contributed by atoms with E-state index in [1.165, 1.54) is 6.08 Å². The SMILES string of the molecule is CC(C)(C)OC(=O)NCCOc1ccc(N=C=O)cc1. The molecule has 1 amide bonds. The first kappa shape index (κ1) is 15.7. The van der Waals surface area contributed by atoms with Gasteiger partial charge in [-0.1, -0.05) is 0 Å². The van der Waals surface area contributed by atoms with E-state index in [0.717, 1.165) is 0 Å². The summed E-state index contributed by atoms with van der Waals surface area (Å²) in [5, 5.41) is 2.59. The third-order valence-corrected chi connectivity index (χ3v) is 2.05. The second-order valence-electron chi connectivity index (χ2n) is 4.97. The summed E-state index contributed by atoms with van der Waals surface area (Å²) in [6.07, 6.45) is 0.984. The van der Waals surface area contributed by atoms with E-state index >= 15 is 0 Å². The minimum Gasteiger partial charge on any atom is -0.492 e. The molecule has 108 valence electrons. The predicted octanol–water partition coefficient (Wildman–Crippen LogP) is 2.56. The van der Waals surface area contributed by atoms with E-state index < -0.39 is 11.7 Å². The lowest BCUT2D eigenvalue weighted by atomic mass is 10.2. The summed E-state index contributed by atoms with van der Waals surface area (Å²) in [5.41, 5.74) is -0.000842. The third kappa shape index (κ3) is 6.56. The van der Waals surface area contributed by atoms with Crippen LogP contribution in [-0.2, 0) is 9.53 Å². The smallest absolute Gasteiger partial charge is 0.407 e. The highest BCUT2D eigenvalue weighted by Crippen LogP contribution is 2.17. The van der Waals surface area contributed by atoms with Gasteiger partial charge in [0.25, 0.3) is 0 Å². The fraction of sp³-hybridized carbons (Fsp3) is 0.429. The van der Waals surface area contributed by atoms with E-state index in [0.29, 0.717) is 24.6 Å². The number of nitrogens with zero attached hydrogens (tertiary/aromatic N) is 1. The summed E-state index contributed by atoms with van der Waals surface area (Å²) in [6.45, 7) is 6.05. The van der Waals surface area contributed by atoms with Crippen LogP contribution < -0.4 is 10.1 Å². The van der Waals surface area contributed by atoms with Crippen molar-refractivity contribution in [3.8, 4) is 5.75 Å². The standard InChI is InChI=1S/C14H18N2O4/c1-14(2,3)20-13(18)15-8-9-19-12-6-4-11(5-7-12)16-10-17/h4-7H,8-9H2,1-3H3,(H,15,18). The van der Waals surface area contributed by atoms with Gasteiger partial charge in [0.05, 0.1) is 12.2 Å². The number of carbonyl (C=O) groups is 1. The topological polar surface area (TPSA) is 77.0 Å². The number of amides is 1. The molecule has 6 heteroatoms. The molecule has 1 aromatic rings. The van der Waals surface area contributed by atoms with Crippen molar-refractivity contribution in [2.75, 3.05) is 13.2 Å². The molecule has 0 radical (unpaired) electrons. The zero-order valence-corrected chi connectivity index (χ0v) is 11.8. The lowest BCUT2D eigenvalue weighted by molar-refractivity contribution is 0.0520. The van der Waals surface area contributed by atoms with Crippen LogP contribution in [-0.4, -0.2) is 30.9 Å². The van der Waals surface area contributed by atoms with Crippen LogP contribution in [0.2, 0.25) is 0 Å². The number of carbonyl (C=O) groups excluding carboxylic acids is 2. The molecule has 0 atom stereocenters. The number of ether oxygens (including phenoxy) is 2. The monoisotopic (exact) mass is 278 g/mol. The summed E-state index contributed by atoms with van der Waals surface area (Å²) in [7, 11) is 0. The van der Waals surface area contributed by atoms with Crippen LogP contribution in [0.3, 0.4) is 0 Å². The molecule has 0 saturated heterocycles. The van der Waals surface area contributed by atoms with E-state index in [2.05, 4.69) is 10.3 Å². The predicted molar refractivity (Wildman–Crippen MR) is 74.0 cm³/mol. The lowest BCUT2D eigenvalue weighted by Crippen LogP contribution is -2.34. The van der Waals surface area contributed by atoms with Crippen molar-refractivity contribution in [2.45, 2.75) is 26.4 Å². The van der Waals surface area contributed by atoms with Crippen LogP contribution in [0.25, 0.3) is 0 Å². The molecule has 0 bridgehead atoms. The van der Waals surface area contributed by atoms with Gasteiger partial charge in [-0.3, -0.25) is 0 Å². The highest BCUT2D eigenvalue weighted by molar-refractivity contribution is 5.67. The van der Waals surface area contributed by atoms with Gasteiger partial charge in [-0.15, -0.1) is 0 Å². The number of rotatable bonds is 5. The number of aliphatic imine (C=N–C) groups is 1. The maximum absolute atomic E-state index is 11.3. The maximum atomic E-state index is 11.3. The Balaban J connectivity index is 2.27. The Labute approximate surface area is 117 Å². The molecule has 0 heterocycles. The Morgan fingerprint density at radius 3 is 2.50 bits per heavy atom. The molecule has 0 aliphatic heterocycles. The van der Waals surface area contributed by atoms with Crippen LogP contribution >= 0.6 is 0 Å². The fourth-order valence-electron chi connectivity index (χ4n) is 1.31. The summed E-state index contributed by atoms with van der Waals surface area (Å²) in [4.78, 5) is 24.9. The minimum atomic E-state index is -0.514. The molecule has 0 spiro atoms. The van der Waals surface area contributed by atoms with Crippen molar-refractivity contribution in [3.05, 3.63) is 24.3 Å². The summed E-state index contributed by atoms with van der Waals surface area (Å²) in [6, 6.07) is 6.65. The number of isocyanates is 1. The van der Waals surface area contributed by atoms with Gasteiger partial charge in [-0.25, -0.2) is 9.59 Å². The summed E-state index contributed by atoms with van der Waals surface area (Å²) in [5.74, 6) is 0.626. The number of benzene rings is 1. The number of hydrogen-bond donors (Lipinski definition) is 1. The molecular formula is C14H18N2O4. The molecule has 0 fully saturated rings. The first-order valence-corrected chi connectivity index (χ1v) is 6.18. The van der Waals surface area contributed by atoms with Gasteiger partial charge >= 0.3 is 6.09 Å². The summed E-state index contributed by atoms with van der Waals surface area (Å²) >= 11 is 0. The van der Waals surface area contributed by atoms with Crippen molar-refractivity contribution in [3.63, 3.8) is 0 Å². The normalized spacial score (nSPS) is 10.3. The first-order valence-electron chi connectivity index (χ1n) is 6.18. The Morgan fingerprint density at radius 2 is 1.95 bits per heavy atom. The van der Waals surface area contributed by atoms with Crippen molar-refractivity contribution in [1.29, 1.82) is 0 Å². The van der Waals surface area contributed by atoms with Crippen LogP contribution in [0.4, 0.5) is 10.5 Å². The zero-order chi connectivity index (χ0) is 15.0. The van der Waals surface area contributed by atoms with Gasteiger partial charge in [0.2, 0.25) is 6.08 Å². The highest BCUT2D eigenvalue weighted by Gasteiger charge is 2.15. The van der Waals surface area contributed by atoms with E-state index in [1.807, 2.05) is 0 Å². The Hall–Kier alpha value is -2.33. The van der Waals surface area contributed by atoms with Gasteiger partial charge in [-0.05, 0) is 45.0 Å². The Morgan fingerprint density at radius 1 is 1.30 bits per heavy atom. The van der Waals surface area contributed by atoms with Crippen LogP contribution in [0, 0.1) is 0 Å². The van der Waals surface area contributed by atoms with E-state index in [9.17, 15) is 9.59 Å². The van der Waals surface area contributed by atoms with Crippen molar-refractivity contribution >= 4 is 17.9 Å². The quantitative estimate of drug-likeness (QED) is 0.510. The average Bonchev–Trinajstić information content (AvgIpc) is 2.35. The first-order chi connectivity index (χ1) is 9.40. The van der Waals surface area contributed by atoms with Gasteiger partial charge in [0, 0.05) is 0 Å². The molecule has 1 N–H and O–H groups in total. The average molecular weight is 278 g/mol. The van der Waals surface area contributed by atoms with Crippen LogP contribution in [0.15, 0.2) is 29.3 Å². The maximum Gasteiger partial charge on any atom is 0.407 e. The Kier molecular flexibility index (Phi) is 5.74. The second kappa shape index (κ2) is 7.31. The van der Waals surface area contributed by atoms with Crippen LogP contribution in [0.1, 0.15) is 20.8 Å². The van der Waals surface area contributed by atoms with E-state index in [-0.39, 0.29) is 0 Å². The van der Waals surface area contributed by atoms with Gasteiger partial charge in [0.15, 0.2) is 0 Å². The molecule has 1 aromatic carbocycles. The van der Waals surface area contributed by atoms with Crippen LogP contribution in [0.5, 0.6) is 5.75 Å². The molecule has 1 rings (SSSR count). The Bertz CT molecular complexity index is 485. The third-order valence-electron chi connectivity index (χ3n) is 2.05. The number of alkyl carbamates (subject to hydrolysis) is 1. The van der Waals surface area contributed by atoms with Crippen molar-refractivity contribution in [1.82, 2.24) is 5.32 Å². The number of nitrogens with one attached hydrogen (secondary N) is 1. The molecule has 0 saturated carbocycles. The highest BCUT2D eigenvalue weighted by atomic mass is 16.6. The second-order valence-corrected chi connectivity index (χ2v) is 4.97. The van der Waals surface area contributed by atoms with Gasteiger partial charge in [-0.2, -0.15) is 4.99 Å². The van der Waals surface area contributed by atoms with Crippen molar-refractivity contribution < 1.29 is 19.1 Å². The largest absolute Gasteiger partial charge is 0.492 e. The minimum absolute atomic E-state index is 0.315. The molecular weight excluding hydrogens is 260 g/mol. The molecule has 6 nitrogen and oxygen atoms in total. The molecule has 0 unspecified atom stereocenters. The molecule has 0 aromatic heterocycles. The summed E-state index contributed by atoms with van der Waals surface area (Å²) < 4.78 is 10.5. The lowest BCUT2D eigenvalue weighted by Gasteiger charge is -2.19. The van der Waals surface area contributed by atoms with E-state index in [4.69, 9.17) is 9.47 Å². The van der Waals surface area contributed by atoms with Gasteiger partial charge in [0.1, 0.15) is 18.0 Å². The van der Waals surface area contributed by atoms with Gasteiger partial charge < -0.3 is 14.8 Å². The molecule has 0 aliphatic rings. The number of hydrogen-bond acceptors (Lipinski definition) is 5. The fourth-order valence-corrected chi connectivity index (χ4v) is 1.31. The zero-order valence-electron chi connectivity index (χ0n) is 11.8. The molecule has 20 heavy (non-hydrogen) atoms.